The van der Waals surface area contributed by atoms with Gasteiger partial charge in [-0.2, -0.15) is 4.98 Å². The molecule has 1 N–H and O–H groups in total. The second-order valence-corrected chi connectivity index (χ2v) is 7.79. The molecule has 2 fully saturated rings. The molecule has 2 aliphatic heterocycles. The minimum Gasteiger partial charge on any atom is -0.378 e. The molecule has 8 heteroatoms. The summed E-state index contributed by atoms with van der Waals surface area (Å²) in [6, 6.07) is 2.30. The first-order chi connectivity index (χ1) is 13.8. The van der Waals surface area contributed by atoms with Crippen LogP contribution in [0.5, 0.6) is 0 Å². The van der Waals surface area contributed by atoms with E-state index in [1.807, 2.05) is 19.2 Å². The van der Waals surface area contributed by atoms with E-state index < -0.39 is 0 Å². The van der Waals surface area contributed by atoms with Crippen LogP contribution in [0.4, 0.5) is 17.6 Å². The molecule has 0 saturated carbocycles. The second kappa shape index (κ2) is 7.50. The third-order valence-corrected chi connectivity index (χ3v) is 5.82. The predicted molar refractivity (Wildman–Crippen MR) is 108 cm³/mol. The normalized spacial score (nSPS) is 21.8. The SMILES string of the molecule is Cc1nc2c(c(N3CCC(Nc4nccc(N5CCOCC5)n4)C3)n1)CCC2. The van der Waals surface area contributed by atoms with Crippen LogP contribution < -0.4 is 15.1 Å². The standard InChI is InChI=1S/C20H27N7O/c1-14-22-17-4-2-3-16(17)19(23-14)27-8-6-15(13-27)24-20-21-7-5-18(25-20)26-9-11-28-12-10-26/h5,7,15H,2-4,6,8-13H2,1H3,(H,21,24,25). The number of fused-ring (bicyclic) bond motifs is 1. The third-order valence-electron chi connectivity index (χ3n) is 5.82. The fourth-order valence-corrected chi connectivity index (χ4v) is 4.43. The van der Waals surface area contributed by atoms with E-state index in [1.165, 1.54) is 17.7 Å². The molecular formula is C20H27N7O. The van der Waals surface area contributed by atoms with Crippen molar-refractivity contribution in [1.29, 1.82) is 0 Å². The lowest BCUT2D eigenvalue weighted by Crippen LogP contribution is -2.37. The van der Waals surface area contributed by atoms with Gasteiger partial charge in [-0.3, -0.25) is 0 Å². The maximum Gasteiger partial charge on any atom is 0.224 e. The number of aromatic nitrogens is 4. The largest absolute Gasteiger partial charge is 0.378 e. The summed E-state index contributed by atoms with van der Waals surface area (Å²) < 4.78 is 5.44. The molecule has 2 aromatic heterocycles. The molecule has 3 aliphatic rings. The van der Waals surface area contributed by atoms with Crippen molar-refractivity contribution in [3.63, 3.8) is 0 Å². The minimum atomic E-state index is 0.326. The fraction of sp³-hybridized carbons (Fsp3) is 0.600. The Hall–Kier alpha value is -2.48. The number of rotatable bonds is 4. The Bertz CT molecular complexity index is 852. The summed E-state index contributed by atoms with van der Waals surface area (Å²) in [4.78, 5) is 23.3. The van der Waals surface area contributed by atoms with Gasteiger partial charge in [0.25, 0.3) is 0 Å². The number of ether oxygens (including phenoxy) is 1. The number of hydrogen-bond acceptors (Lipinski definition) is 8. The van der Waals surface area contributed by atoms with Gasteiger partial charge in [-0.1, -0.05) is 0 Å². The van der Waals surface area contributed by atoms with E-state index in [1.54, 1.807) is 0 Å². The Kier molecular flexibility index (Phi) is 4.72. The molecule has 1 atom stereocenters. The Balaban J connectivity index is 1.27. The molecule has 0 bridgehead atoms. The van der Waals surface area contributed by atoms with Gasteiger partial charge in [0.2, 0.25) is 5.95 Å². The van der Waals surface area contributed by atoms with Gasteiger partial charge in [-0.05, 0) is 38.7 Å². The minimum absolute atomic E-state index is 0.326. The van der Waals surface area contributed by atoms with Crippen LogP contribution in [0.2, 0.25) is 0 Å². The average molecular weight is 381 g/mol. The Labute approximate surface area is 165 Å². The maximum absolute atomic E-state index is 5.44. The fourth-order valence-electron chi connectivity index (χ4n) is 4.43. The number of nitrogens with zero attached hydrogens (tertiary/aromatic N) is 6. The summed E-state index contributed by atoms with van der Waals surface area (Å²) in [5.41, 5.74) is 2.61. The van der Waals surface area contributed by atoms with Crippen molar-refractivity contribution in [2.45, 2.75) is 38.6 Å². The first-order valence-electron chi connectivity index (χ1n) is 10.3. The lowest BCUT2D eigenvalue weighted by atomic mass is 10.2. The Morgan fingerprint density at radius 1 is 1.07 bits per heavy atom. The van der Waals surface area contributed by atoms with E-state index in [9.17, 15) is 0 Å². The van der Waals surface area contributed by atoms with Crippen LogP contribution in [0.25, 0.3) is 0 Å². The van der Waals surface area contributed by atoms with E-state index in [0.29, 0.717) is 12.0 Å². The molecule has 4 heterocycles. The molecule has 1 aliphatic carbocycles. The third kappa shape index (κ3) is 3.48. The lowest BCUT2D eigenvalue weighted by molar-refractivity contribution is 0.122. The first kappa shape index (κ1) is 17.6. The highest BCUT2D eigenvalue weighted by atomic mass is 16.5. The van der Waals surface area contributed by atoms with Crippen LogP contribution in [0, 0.1) is 6.92 Å². The Morgan fingerprint density at radius 3 is 2.86 bits per heavy atom. The van der Waals surface area contributed by atoms with Crippen molar-refractivity contribution in [1.82, 2.24) is 19.9 Å². The van der Waals surface area contributed by atoms with Gasteiger partial charge in [0, 0.05) is 49.7 Å². The van der Waals surface area contributed by atoms with Crippen LogP contribution in [0.1, 0.15) is 29.9 Å². The van der Waals surface area contributed by atoms with Gasteiger partial charge >= 0.3 is 0 Å². The van der Waals surface area contributed by atoms with E-state index in [-0.39, 0.29) is 0 Å². The molecule has 148 valence electrons. The molecule has 0 aromatic carbocycles. The highest BCUT2D eigenvalue weighted by Crippen LogP contribution is 2.31. The molecule has 1 unspecified atom stereocenters. The molecule has 2 aromatic rings. The van der Waals surface area contributed by atoms with E-state index in [2.05, 4.69) is 25.1 Å². The zero-order valence-electron chi connectivity index (χ0n) is 16.4. The average Bonchev–Trinajstić information content (AvgIpc) is 3.38. The molecule has 0 radical (unpaired) electrons. The predicted octanol–water partition coefficient (Wildman–Crippen LogP) is 1.59. The summed E-state index contributed by atoms with van der Waals surface area (Å²) in [5, 5.41) is 3.54. The summed E-state index contributed by atoms with van der Waals surface area (Å²) in [6.07, 6.45) is 6.28. The number of morpholine rings is 1. The summed E-state index contributed by atoms with van der Waals surface area (Å²) in [6.45, 7) is 7.20. The zero-order valence-corrected chi connectivity index (χ0v) is 16.4. The van der Waals surface area contributed by atoms with E-state index in [4.69, 9.17) is 14.7 Å². The smallest absolute Gasteiger partial charge is 0.224 e. The number of aryl methyl sites for hydroxylation is 2. The molecule has 28 heavy (non-hydrogen) atoms. The molecule has 8 nitrogen and oxygen atoms in total. The quantitative estimate of drug-likeness (QED) is 0.855. The van der Waals surface area contributed by atoms with Gasteiger partial charge < -0.3 is 19.9 Å². The number of hydrogen-bond donors (Lipinski definition) is 1. The van der Waals surface area contributed by atoms with Gasteiger partial charge in [-0.25, -0.2) is 15.0 Å². The lowest BCUT2D eigenvalue weighted by Gasteiger charge is -2.28. The van der Waals surface area contributed by atoms with Crippen LogP contribution in [-0.4, -0.2) is 65.4 Å². The van der Waals surface area contributed by atoms with Crippen LogP contribution in [0.3, 0.4) is 0 Å². The first-order valence-corrected chi connectivity index (χ1v) is 10.3. The molecule has 5 rings (SSSR count). The van der Waals surface area contributed by atoms with Crippen molar-refractivity contribution >= 4 is 17.6 Å². The van der Waals surface area contributed by atoms with E-state index >= 15 is 0 Å². The molecule has 2 saturated heterocycles. The second-order valence-electron chi connectivity index (χ2n) is 7.79. The van der Waals surface area contributed by atoms with Crippen molar-refractivity contribution in [3.05, 3.63) is 29.3 Å². The van der Waals surface area contributed by atoms with Crippen molar-refractivity contribution < 1.29 is 4.74 Å². The van der Waals surface area contributed by atoms with Crippen molar-refractivity contribution in [2.24, 2.45) is 0 Å². The topological polar surface area (TPSA) is 79.3 Å². The van der Waals surface area contributed by atoms with Crippen LogP contribution >= 0.6 is 0 Å². The highest BCUT2D eigenvalue weighted by molar-refractivity contribution is 5.53. The van der Waals surface area contributed by atoms with Gasteiger partial charge in [0.15, 0.2) is 0 Å². The highest BCUT2D eigenvalue weighted by Gasteiger charge is 2.29. The maximum atomic E-state index is 5.44. The van der Waals surface area contributed by atoms with Crippen LogP contribution in [-0.2, 0) is 17.6 Å². The van der Waals surface area contributed by atoms with Gasteiger partial charge in [0.05, 0.1) is 13.2 Å². The van der Waals surface area contributed by atoms with Gasteiger partial charge in [-0.15, -0.1) is 0 Å². The summed E-state index contributed by atoms with van der Waals surface area (Å²) in [5.74, 6) is 3.71. The summed E-state index contributed by atoms with van der Waals surface area (Å²) in [7, 11) is 0. The van der Waals surface area contributed by atoms with Gasteiger partial charge in [0.1, 0.15) is 17.5 Å². The summed E-state index contributed by atoms with van der Waals surface area (Å²) >= 11 is 0. The monoisotopic (exact) mass is 381 g/mol. The molecule has 0 spiro atoms. The van der Waals surface area contributed by atoms with E-state index in [0.717, 1.165) is 76.1 Å². The molecule has 0 amide bonds. The van der Waals surface area contributed by atoms with Crippen molar-refractivity contribution in [3.8, 4) is 0 Å². The van der Waals surface area contributed by atoms with Crippen LogP contribution in [0.15, 0.2) is 12.3 Å². The van der Waals surface area contributed by atoms with Crippen molar-refractivity contribution in [2.75, 3.05) is 54.5 Å². The zero-order chi connectivity index (χ0) is 18.9. The number of anilines is 3. The number of nitrogens with one attached hydrogen (secondary N) is 1. The Morgan fingerprint density at radius 2 is 1.96 bits per heavy atom. The molecular weight excluding hydrogens is 354 g/mol.